The zero-order chi connectivity index (χ0) is 25.5. The third-order valence-corrected chi connectivity index (χ3v) is 8.14. The highest BCUT2D eigenvalue weighted by atomic mass is 32.2. The molecular formula is C25H38N4O4S. The first kappa shape index (κ1) is 26.2. The van der Waals surface area contributed by atoms with E-state index in [9.17, 15) is 13.2 Å². The summed E-state index contributed by atoms with van der Waals surface area (Å²) in [5.74, 6) is 0.382. The van der Waals surface area contributed by atoms with Crippen molar-refractivity contribution in [1.82, 2.24) is 14.1 Å². The number of rotatable bonds is 5. The lowest BCUT2D eigenvalue weighted by Crippen LogP contribution is -2.42. The Kier molecular flexibility index (Phi) is 7.20. The number of ether oxygens (including phenoxy) is 1. The molecule has 0 saturated carbocycles. The van der Waals surface area contributed by atoms with Crippen molar-refractivity contribution < 1.29 is 17.9 Å². The van der Waals surface area contributed by atoms with Crippen molar-refractivity contribution in [3.63, 3.8) is 0 Å². The van der Waals surface area contributed by atoms with E-state index in [-0.39, 0.29) is 33.2 Å². The Morgan fingerprint density at radius 2 is 1.79 bits per heavy atom. The van der Waals surface area contributed by atoms with Gasteiger partial charge in [-0.25, -0.2) is 13.1 Å². The number of amides is 1. The van der Waals surface area contributed by atoms with Crippen LogP contribution in [0.2, 0.25) is 0 Å². The van der Waals surface area contributed by atoms with Crippen molar-refractivity contribution in [2.45, 2.75) is 89.6 Å². The maximum atomic E-state index is 13.5. The number of benzene rings is 1. The van der Waals surface area contributed by atoms with E-state index in [1.54, 1.807) is 10.7 Å². The fraction of sp³-hybridized carbons (Fsp3) is 0.600. The number of carbonyl (C=O) groups excluding carboxylic acids is 1. The molecule has 2 aromatic rings. The molecule has 0 spiro atoms. The molecule has 1 unspecified atom stereocenters. The number of methoxy groups -OCH3 is 1. The largest absolute Gasteiger partial charge is 0.495 e. The highest BCUT2D eigenvalue weighted by molar-refractivity contribution is 7.89. The zero-order valence-corrected chi connectivity index (χ0v) is 22.4. The first-order chi connectivity index (χ1) is 15.7. The van der Waals surface area contributed by atoms with Crippen LogP contribution < -0.4 is 10.1 Å². The second-order valence-corrected chi connectivity index (χ2v) is 12.9. The number of hydrogen-bond donors (Lipinski definition) is 1. The summed E-state index contributed by atoms with van der Waals surface area (Å²) in [4.78, 5) is 13.3. The summed E-state index contributed by atoms with van der Waals surface area (Å²) < 4.78 is 35.7. The molecule has 9 heteroatoms. The Bertz CT molecular complexity index is 1160. The molecule has 1 fully saturated rings. The fourth-order valence-corrected chi connectivity index (χ4v) is 5.99. The quantitative estimate of drug-likeness (QED) is 0.652. The van der Waals surface area contributed by atoms with Crippen LogP contribution in [0.3, 0.4) is 0 Å². The predicted molar refractivity (Wildman–Crippen MR) is 134 cm³/mol. The van der Waals surface area contributed by atoms with Gasteiger partial charge in [0.2, 0.25) is 10.0 Å². The number of aromatic nitrogens is 2. The minimum Gasteiger partial charge on any atom is -0.495 e. The van der Waals surface area contributed by atoms with Crippen molar-refractivity contribution in [2.75, 3.05) is 19.0 Å². The van der Waals surface area contributed by atoms with E-state index in [4.69, 9.17) is 9.84 Å². The summed E-state index contributed by atoms with van der Waals surface area (Å²) in [6.45, 7) is 14.6. The number of nitrogens with zero attached hydrogens (tertiary/aromatic N) is 3. The molecule has 8 nitrogen and oxygen atoms in total. The van der Waals surface area contributed by atoms with Crippen molar-refractivity contribution in [3.8, 4) is 5.75 Å². The monoisotopic (exact) mass is 490 g/mol. The lowest BCUT2D eigenvalue weighted by molar-refractivity contribution is 0.102. The smallest absolute Gasteiger partial charge is 0.256 e. The van der Waals surface area contributed by atoms with Crippen LogP contribution in [0.15, 0.2) is 29.2 Å². The Morgan fingerprint density at radius 1 is 1.12 bits per heavy atom. The molecule has 1 aromatic carbocycles. The van der Waals surface area contributed by atoms with Crippen LogP contribution in [-0.4, -0.2) is 48.1 Å². The minimum atomic E-state index is -3.82. The Balaban J connectivity index is 1.99. The maximum absolute atomic E-state index is 13.5. The van der Waals surface area contributed by atoms with Gasteiger partial charge in [0.05, 0.1) is 18.3 Å². The molecule has 1 aliphatic heterocycles. The molecule has 3 rings (SSSR count). The van der Waals surface area contributed by atoms with Crippen LogP contribution in [0.25, 0.3) is 0 Å². The molecule has 0 aliphatic carbocycles. The average Bonchev–Trinajstić information content (AvgIpc) is 3.18. The molecule has 2 heterocycles. The van der Waals surface area contributed by atoms with E-state index in [0.717, 1.165) is 25.0 Å². The van der Waals surface area contributed by atoms with Gasteiger partial charge >= 0.3 is 0 Å². The summed E-state index contributed by atoms with van der Waals surface area (Å²) in [5, 5.41) is 7.68. The summed E-state index contributed by atoms with van der Waals surface area (Å²) in [7, 11) is -2.38. The number of anilines is 1. The first-order valence-electron chi connectivity index (χ1n) is 11.8. The van der Waals surface area contributed by atoms with E-state index < -0.39 is 15.9 Å². The van der Waals surface area contributed by atoms with Crippen LogP contribution in [0.5, 0.6) is 5.75 Å². The molecule has 1 N–H and O–H groups in total. The van der Waals surface area contributed by atoms with E-state index in [2.05, 4.69) is 26.1 Å². The van der Waals surface area contributed by atoms with Crippen LogP contribution >= 0.6 is 0 Å². The van der Waals surface area contributed by atoms with Crippen molar-refractivity contribution >= 4 is 21.7 Å². The van der Waals surface area contributed by atoms with Crippen molar-refractivity contribution in [2.24, 2.45) is 0 Å². The maximum Gasteiger partial charge on any atom is 0.256 e. The van der Waals surface area contributed by atoms with Gasteiger partial charge in [-0.15, -0.1) is 0 Å². The Morgan fingerprint density at radius 3 is 2.35 bits per heavy atom. The zero-order valence-electron chi connectivity index (χ0n) is 21.6. The molecule has 0 bridgehead atoms. The van der Waals surface area contributed by atoms with E-state index in [1.807, 2.05) is 33.8 Å². The van der Waals surface area contributed by atoms with Gasteiger partial charge in [0.1, 0.15) is 16.5 Å². The second-order valence-electron chi connectivity index (χ2n) is 11.0. The van der Waals surface area contributed by atoms with Crippen LogP contribution in [0.4, 0.5) is 5.82 Å². The number of sulfonamides is 1. The van der Waals surface area contributed by atoms with Gasteiger partial charge in [0.15, 0.2) is 0 Å². The summed E-state index contributed by atoms with van der Waals surface area (Å²) in [6.07, 6.45) is 2.64. The lowest BCUT2D eigenvalue weighted by Gasteiger charge is -2.32. The number of carbonyl (C=O) groups is 1. The summed E-state index contributed by atoms with van der Waals surface area (Å²) in [6, 6.07) is 6.30. The number of piperidine rings is 1. The summed E-state index contributed by atoms with van der Waals surface area (Å²) >= 11 is 0. The van der Waals surface area contributed by atoms with E-state index in [1.165, 1.54) is 23.5 Å². The molecule has 34 heavy (non-hydrogen) atoms. The standard InChI is InChI=1S/C25H38N4O4S/c1-17-11-9-10-14-28(17)34(31,32)20-15-18(12-13-19(20)33-8)23(30)26-22-16-21(24(2,3)4)27-29(22)25(5,6)7/h12-13,15-17H,9-11,14H2,1-8H3,(H,26,30). The molecular weight excluding hydrogens is 452 g/mol. The number of hydrogen-bond acceptors (Lipinski definition) is 5. The second kappa shape index (κ2) is 9.34. The van der Waals surface area contributed by atoms with E-state index in [0.29, 0.717) is 12.4 Å². The minimum absolute atomic E-state index is 0.0103. The fourth-order valence-electron chi connectivity index (χ4n) is 4.11. The lowest BCUT2D eigenvalue weighted by atomic mass is 9.92. The Labute approximate surface area is 203 Å². The molecule has 1 amide bonds. The predicted octanol–water partition coefficient (Wildman–Crippen LogP) is 4.76. The third kappa shape index (κ3) is 5.30. The molecule has 1 atom stereocenters. The van der Waals surface area contributed by atoms with Crippen LogP contribution in [0, 0.1) is 0 Å². The van der Waals surface area contributed by atoms with Crippen molar-refractivity contribution in [1.29, 1.82) is 0 Å². The normalized spacial score (nSPS) is 18.1. The Hall–Kier alpha value is -2.39. The molecule has 1 aromatic heterocycles. The third-order valence-electron chi connectivity index (χ3n) is 6.11. The molecule has 1 saturated heterocycles. The van der Waals surface area contributed by atoms with Gasteiger partial charge in [-0.05, 0) is 58.7 Å². The van der Waals surface area contributed by atoms with Gasteiger partial charge in [-0.2, -0.15) is 9.40 Å². The topological polar surface area (TPSA) is 93.5 Å². The summed E-state index contributed by atoms with van der Waals surface area (Å²) in [5.41, 5.74) is 0.547. The first-order valence-corrected chi connectivity index (χ1v) is 13.2. The van der Waals surface area contributed by atoms with Gasteiger partial charge in [0, 0.05) is 29.6 Å². The van der Waals surface area contributed by atoms with E-state index >= 15 is 0 Å². The highest BCUT2D eigenvalue weighted by Gasteiger charge is 2.34. The van der Waals surface area contributed by atoms with Gasteiger partial charge < -0.3 is 10.1 Å². The molecule has 1 aliphatic rings. The van der Waals surface area contributed by atoms with Crippen LogP contribution in [0.1, 0.15) is 83.8 Å². The van der Waals surface area contributed by atoms with Gasteiger partial charge in [-0.1, -0.05) is 27.2 Å². The van der Waals surface area contributed by atoms with Crippen molar-refractivity contribution in [3.05, 3.63) is 35.5 Å². The molecule has 0 radical (unpaired) electrons. The molecule has 188 valence electrons. The van der Waals surface area contributed by atoms with Gasteiger partial charge in [-0.3, -0.25) is 4.79 Å². The average molecular weight is 491 g/mol. The SMILES string of the molecule is COc1ccc(C(=O)Nc2cc(C(C)(C)C)nn2C(C)(C)C)cc1S(=O)(=O)N1CCCCC1C. The van der Waals surface area contributed by atoms with Crippen LogP contribution in [-0.2, 0) is 21.0 Å². The van der Waals surface area contributed by atoms with Gasteiger partial charge in [0.25, 0.3) is 5.91 Å². The number of nitrogens with one attached hydrogen (secondary N) is 1. The highest BCUT2D eigenvalue weighted by Crippen LogP contribution is 2.33.